The van der Waals surface area contributed by atoms with E-state index in [9.17, 15) is 9.59 Å². The van der Waals surface area contributed by atoms with Gasteiger partial charge in [-0.3, -0.25) is 4.79 Å². The SMILES string of the molecule is CCCCC(C)NC(=O)NCc1ccccc1CC(=O)O. The Morgan fingerprint density at radius 3 is 2.52 bits per heavy atom. The van der Waals surface area contributed by atoms with E-state index >= 15 is 0 Å². The fourth-order valence-electron chi connectivity index (χ4n) is 2.10. The molecule has 1 rings (SSSR count). The van der Waals surface area contributed by atoms with Gasteiger partial charge in [-0.25, -0.2) is 4.79 Å². The summed E-state index contributed by atoms with van der Waals surface area (Å²) in [4.78, 5) is 22.6. The smallest absolute Gasteiger partial charge is 0.315 e. The van der Waals surface area contributed by atoms with E-state index < -0.39 is 5.97 Å². The van der Waals surface area contributed by atoms with Gasteiger partial charge >= 0.3 is 12.0 Å². The summed E-state index contributed by atoms with van der Waals surface area (Å²) in [5.74, 6) is -0.875. The molecule has 0 spiro atoms. The highest BCUT2D eigenvalue weighted by molar-refractivity contribution is 5.74. The van der Waals surface area contributed by atoms with Gasteiger partial charge in [-0.15, -0.1) is 0 Å². The molecule has 0 saturated heterocycles. The summed E-state index contributed by atoms with van der Waals surface area (Å²) < 4.78 is 0. The molecule has 2 amide bonds. The highest BCUT2D eigenvalue weighted by atomic mass is 16.4. The predicted molar refractivity (Wildman–Crippen MR) is 82.1 cm³/mol. The Hall–Kier alpha value is -2.04. The van der Waals surface area contributed by atoms with Crippen molar-refractivity contribution in [1.29, 1.82) is 0 Å². The van der Waals surface area contributed by atoms with Crippen LogP contribution in [-0.2, 0) is 17.8 Å². The molecule has 0 aromatic heterocycles. The maximum absolute atomic E-state index is 11.8. The van der Waals surface area contributed by atoms with Gasteiger partial charge < -0.3 is 15.7 Å². The van der Waals surface area contributed by atoms with E-state index in [0.29, 0.717) is 6.54 Å². The average Bonchev–Trinajstić information content (AvgIpc) is 2.43. The van der Waals surface area contributed by atoms with Crippen molar-refractivity contribution in [2.45, 2.75) is 52.1 Å². The maximum atomic E-state index is 11.8. The monoisotopic (exact) mass is 292 g/mol. The number of unbranched alkanes of at least 4 members (excludes halogenated alkanes) is 1. The second-order valence-electron chi connectivity index (χ2n) is 5.21. The third kappa shape index (κ3) is 6.79. The minimum absolute atomic E-state index is 0.0353. The van der Waals surface area contributed by atoms with Gasteiger partial charge in [0.2, 0.25) is 0 Å². The third-order valence-electron chi connectivity index (χ3n) is 3.27. The van der Waals surface area contributed by atoms with Crippen LogP contribution in [0, 0.1) is 0 Å². The van der Waals surface area contributed by atoms with Crippen LogP contribution in [0.1, 0.15) is 44.2 Å². The van der Waals surface area contributed by atoms with Crippen LogP contribution in [0.25, 0.3) is 0 Å². The number of amides is 2. The zero-order valence-electron chi connectivity index (χ0n) is 12.7. The lowest BCUT2D eigenvalue weighted by molar-refractivity contribution is -0.136. The van der Waals surface area contributed by atoms with Crippen molar-refractivity contribution in [3.8, 4) is 0 Å². The van der Waals surface area contributed by atoms with Crippen LogP contribution in [0.15, 0.2) is 24.3 Å². The number of carbonyl (C=O) groups excluding carboxylic acids is 1. The molecule has 0 saturated carbocycles. The summed E-state index contributed by atoms with van der Waals surface area (Å²) in [6.45, 7) is 4.43. The molecule has 1 unspecified atom stereocenters. The second-order valence-corrected chi connectivity index (χ2v) is 5.21. The minimum atomic E-state index is -0.875. The molecular weight excluding hydrogens is 268 g/mol. The van der Waals surface area contributed by atoms with Gasteiger partial charge in [-0.05, 0) is 24.5 Å². The van der Waals surface area contributed by atoms with E-state index in [0.717, 1.165) is 30.4 Å². The molecule has 0 heterocycles. The predicted octanol–water partition coefficient (Wildman–Crippen LogP) is 2.69. The number of urea groups is 1. The van der Waals surface area contributed by atoms with Crippen LogP contribution in [0.3, 0.4) is 0 Å². The quantitative estimate of drug-likeness (QED) is 0.689. The molecule has 0 aliphatic carbocycles. The third-order valence-corrected chi connectivity index (χ3v) is 3.27. The summed E-state index contributed by atoms with van der Waals surface area (Å²) in [6.07, 6.45) is 3.12. The van der Waals surface area contributed by atoms with Gasteiger partial charge in [0.15, 0.2) is 0 Å². The summed E-state index contributed by atoms with van der Waals surface area (Å²) in [6, 6.07) is 7.16. The van der Waals surface area contributed by atoms with E-state index in [1.54, 1.807) is 12.1 Å². The molecule has 1 aromatic rings. The Bertz CT molecular complexity index is 474. The molecule has 116 valence electrons. The highest BCUT2D eigenvalue weighted by Crippen LogP contribution is 2.09. The zero-order valence-corrected chi connectivity index (χ0v) is 12.7. The van der Waals surface area contributed by atoms with Crippen molar-refractivity contribution in [3.63, 3.8) is 0 Å². The van der Waals surface area contributed by atoms with Crippen molar-refractivity contribution in [2.24, 2.45) is 0 Å². The Balaban J connectivity index is 2.47. The van der Waals surface area contributed by atoms with Crippen molar-refractivity contribution in [1.82, 2.24) is 10.6 Å². The van der Waals surface area contributed by atoms with E-state index in [1.807, 2.05) is 19.1 Å². The van der Waals surface area contributed by atoms with Gasteiger partial charge in [0, 0.05) is 12.6 Å². The number of nitrogens with one attached hydrogen (secondary N) is 2. The molecular formula is C16H24N2O3. The standard InChI is InChI=1S/C16H24N2O3/c1-3-4-7-12(2)18-16(21)17-11-14-9-6-5-8-13(14)10-15(19)20/h5-6,8-9,12H,3-4,7,10-11H2,1-2H3,(H,19,20)(H2,17,18,21). The zero-order chi connectivity index (χ0) is 15.7. The van der Waals surface area contributed by atoms with Crippen LogP contribution in [-0.4, -0.2) is 23.1 Å². The molecule has 0 aliphatic heterocycles. The summed E-state index contributed by atoms with van der Waals surface area (Å²) in [5.41, 5.74) is 1.56. The number of carbonyl (C=O) groups is 2. The number of carboxylic acids is 1. The fourth-order valence-corrected chi connectivity index (χ4v) is 2.10. The highest BCUT2D eigenvalue weighted by Gasteiger charge is 2.09. The molecule has 0 radical (unpaired) electrons. The lowest BCUT2D eigenvalue weighted by Crippen LogP contribution is -2.40. The first-order valence-corrected chi connectivity index (χ1v) is 7.35. The number of aliphatic carboxylic acids is 1. The van der Waals surface area contributed by atoms with Crippen LogP contribution in [0.2, 0.25) is 0 Å². The van der Waals surface area contributed by atoms with Crippen molar-refractivity contribution in [2.75, 3.05) is 0 Å². The van der Waals surface area contributed by atoms with Crippen molar-refractivity contribution in [3.05, 3.63) is 35.4 Å². The molecule has 0 aliphatic rings. The van der Waals surface area contributed by atoms with E-state index in [1.165, 1.54) is 0 Å². The summed E-state index contributed by atoms with van der Waals surface area (Å²) >= 11 is 0. The Labute approximate surface area is 125 Å². The van der Waals surface area contributed by atoms with Crippen molar-refractivity contribution < 1.29 is 14.7 Å². The second kappa shape index (κ2) is 9.00. The van der Waals surface area contributed by atoms with E-state index in [2.05, 4.69) is 17.6 Å². The van der Waals surface area contributed by atoms with Gasteiger partial charge in [-0.1, -0.05) is 44.0 Å². The van der Waals surface area contributed by atoms with Crippen LogP contribution in [0.4, 0.5) is 4.79 Å². The van der Waals surface area contributed by atoms with E-state index in [4.69, 9.17) is 5.11 Å². The molecule has 0 bridgehead atoms. The summed E-state index contributed by atoms with van der Waals surface area (Å²) in [5, 5.41) is 14.5. The first kappa shape index (κ1) is 17.0. The normalized spacial score (nSPS) is 11.7. The van der Waals surface area contributed by atoms with Gasteiger partial charge in [0.05, 0.1) is 6.42 Å². The Morgan fingerprint density at radius 2 is 1.90 bits per heavy atom. The lowest BCUT2D eigenvalue weighted by Gasteiger charge is -2.15. The Kier molecular flexibility index (Phi) is 7.29. The molecule has 5 heteroatoms. The number of rotatable bonds is 8. The van der Waals surface area contributed by atoms with Crippen molar-refractivity contribution >= 4 is 12.0 Å². The number of hydrogen-bond donors (Lipinski definition) is 3. The molecule has 21 heavy (non-hydrogen) atoms. The molecule has 0 fully saturated rings. The maximum Gasteiger partial charge on any atom is 0.315 e. The largest absolute Gasteiger partial charge is 0.481 e. The minimum Gasteiger partial charge on any atom is -0.481 e. The fraction of sp³-hybridized carbons (Fsp3) is 0.500. The first-order valence-electron chi connectivity index (χ1n) is 7.35. The lowest BCUT2D eigenvalue weighted by atomic mass is 10.0. The molecule has 1 aromatic carbocycles. The average molecular weight is 292 g/mol. The molecule has 5 nitrogen and oxygen atoms in total. The van der Waals surface area contributed by atoms with Gasteiger partial charge in [0.25, 0.3) is 0 Å². The Morgan fingerprint density at radius 1 is 1.24 bits per heavy atom. The first-order chi connectivity index (χ1) is 10.0. The summed E-state index contributed by atoms with van der Waals surface area (Å²) in [7, 11) is 0. The van der Waals surface area contributed by atoms with Crippen LogP contribution < -0.4 is 10.6 Å². The van der Waals surface area contributed by atoms with E-state index in [-0.39, 0.29) is 18.5 Å². The van der Waals surface area contributed by atoms with Gasteiger partial charge in [0.1, 0.15) is 0 Å². The van der Waals surface area contributed by atoms with Gasteiger partial charge in [-0.2, -0.15) is 0 Å². The van der Waals surface area contributed by atoms with Crippen LogP contribution >= 0.6 is 0 Å². The number of carboxylic acid groups (broad SMARTS) is 1. The molecule has 3 N–H and O–H groups in total. The topological polar surface area (TPSA) is 78.4 Å². The molecule has 1 atom stereocenters. The van der Waals surface area contributed by atoms with Crippen LogP contribution in [0.5, 0.6) is 0 Å². The number of benzene rings is 1. The number of hydrogen-bond acceptors (Lipinski definition) is 2.